The Morgan fingerprint density at radius 2 is 1.75 bits per heavy atom. The summed E-state index contributed by atoms with van der Waals surface area (Å²) in [5.41, 5.74) is 7.79. The number of amides is 1. The fourth-order valence-electron chi connectivity index (χ4n) is 6.38. The number of nitrogens with zero attached hydrogens (tertiary/aromatic N) is 4. The van der Waals surface area contributed by atoms with E-state index in [-0.39, 0.29) is 12.7 Å². The lowest BCUT2D eigenvalue weighted by atomic mass is 9.91. The minimum Gasteiger partial charge on any atom is -0.464 e. The van der Waals surface area contributed by atoms with E-state index in [4.69, 9.17) is 35.8 Å². The van der Waals surface area contributed by atoms with Crippen LogP contribution in [0, 0.1) is 6.92 Å². The number of ether oxygens (including phenoxy) is 3. The van der Waals surface area contributed by atoms with Gasteiger partial charge in [0.25, 0.3) is 0 Å². The van der Waals surface area contributed by atoms with Crippen LogP contribution in [0.1, 0.15) is 77.7 Å². The van der Waals surface area contributed by atoms with E-state index in [0.29, 0.717) is 24.5 Å². The van der Waals surface area contributed by atoms with Gasteiger partial charge in [0, 0.05) is 48.0 Å². The summed E-state index contributed by atoms with van der Waals surface area (Å²) in [7, 11) is 2.02. The molecule has 3 aromatic heterocycles. The Morgan fingerprint density at radius 1 is 1.02 bits per heavy atom. The summed E-state index contributed by atoms with van der Waals surface area (Å²) in [4.78, 5) is 38.3. The number of halogens is 1. The highest BCUT2D eigenvalue weighted by atomic mass is 35.5. The Kier molecular flexibility index (Phi) is 10.1. The fourth-order valence-corrected chi connectivity index (χ4v) is 7.60. The first-order chi connectivity index (χ1) is 24.0. The largest absolute Gasteiger partial charge is 0.464 e. The fraction of sp³-hybridized carbons (Fsp3) is 0.400. The molecule has 268 valence electrons. The van der Waals surface area contributed by atoms with E-state index in [0.717, 1.165) is 65.3 Å². The highest BCUT2D eigenvalue weighted by Crippen LogP contribution is 2.45. The minimum atomic E-state index is -0.957. The highest BCUT2D eigenvalue weighted by molar-refractivity contribution is 7.22. The van der Waals surface area contributed by atoms with Gasteiger partial charge in [0.2, 0.25) is 0 Å². The lowest BCUT2D eigenvalue weighted by Gasteiger charge is -2.29. The van der Waals surface area contributed by atoms with Crippen molar-refractivity contribution in [3.05, 3.63) is 76.5 Å². The van der Waals surface area contributed by atoms with Crippen molar-refractivity contribution in [3.63, 3.8) is 0 Å². The van der Waals surface area contributed by atoms with Crippen LogP contribution >= 0.6 is 22.9 Å². The second-order valence-electron chi connectivity index (χ2n) is 14.8. The van der Waals surface area contributed by atoms with Crippen LogP contribution < -0.4 is 0 Å². The average molecular weight is 729 g/mol. The molecule has 2 aromatic carbocycles. The summed E-state index contributed by atoms with van der Waals surface area (Å²) >= 11 is 7.86. The number of carbonyl (C=O) groups excluding carboxylic acids is 2. The molecule has 0 saturated heterocycles. The molecule has 11 heteroatoms. The zero-order chi connectivity index (χ0) is 36.8. The molecule has 0 spiro atoms. The number of carbonyl (C=O) groups is 2. The molecule has 1 atom stereocenters. The third-order valence-corrected chi connectivity index (χ3v) is 9.92. The first-order valence-corrected chi connectivity index (χ1v) is 18.4. The molecule has 1 aliphatic heterocycles. The van der Waals surface area contributed by atoms with Gasteiger partial charge in [0.05, 0.1) is 39.2 Å². The first-order valence-electron chi connectivity index (χ1n) is 17.2. The monoisotopic (exact) mass is 728 g/mol. The molecule has 1 aliphatic rings. The predicted molar refractivity (Wildman–Crippen MR) is 205 cm³/mol. The van der Waals surface area contributed by atoms with Crippen LogP contribution in [0.15, 0.2) is 54.7 Å². The van der Waals surface area contributed by atoms with Gasteiger partial charge in [-0.1, -0.05) is 29.8 Å². The maximum absolute atomic E-state index is 13.5. The number of pyridine rings is 1. The molecule has 1 amide bonds. The summed E-state index contributed by atoms with van der Waals surface area (Å²) in [5, 5.41) is 1.37. The van der Waals surface area contributed by atoms with Crippen molar-refractivity contribution < 1.29 is 23.8 Å². The van der Waals surface area contributed by atoms with E-state index in [1.165, 1.54) is 11.3 Å². The Labute approximate surface area is 308 Å². The summed E-state index contributed by atoms with van der Waals surface area (Å²) in [6.07, 6.45) is 3.63. The van der Waals surface area contributed by atoms with E-state index in [2.05, 4.69) is 22.9 Å². The number of aromatic nitrogens is 3. The molecule has 0 aliphatic carbocycles. The zero-order valence-corrected chi connectivity index (χ0v) is 32.3. The average Bonchev–Trinajstić information content (AvgIpc) is 3.63. The van der Waals surface area contributed by atoms with Crippen molar-refractivity contribution >= 4 is 61.8 Å². The maximum Gasteiger partial charge on any atom is 0.410 e. The van der Waals surface area contributed by atoms with Crippen LogP contribution in [0.3, 0.4) is 0 Å². The Bertz CT molecular complexity index is 2150. The molecule has 0 saturated carbocycles. The van der Waals surface area contributed by atoms with Crippen LogP contribution in [0.2, 0.25) is 5.02 Å². The van der Waals surface area contributed by atoms with Crippen LogP contribution in [0.5, 0.6) is 0 Å². The first kappa shape index (κ1) is 36.5. The number of esters is 1. The van der Waals surface area contributed by atoms with Gasteiger partial charge in [-0.2, -0.15) is 0 Å². The van der Waals surface area contributed by atoms with Crippen LogP contribution in [-0.2, 0) is 26.1 Å². The van der Waals surface area contributed by atoms with Gasteiger partial charge in [-0.15, -0.1) is 11.3 Å². The van der Waals surface area contributed by atoms with Crippen molar-refractivity contribution in [2.45, 2.75) is 79.1 Å². The standard InChI is InChI=1S/C40H45ClN4O5S/c1-10-48-37(46)34(49-39(3,4)5)31-23(2)21-29-35(32(31)25-11-13-26(41)14-12-25)51-36(43-29)28-15-16-30-33(42-28)27(22-44(30)9)24-17-19-45(20-18-24)38(47)50-40(6,7)8/h11-17,21-22,34H,10,18-20H2,1-9H3/t34-/m0/s1. The number of fused-ring (bicyclic) bond motifs is 2. The maximum atomic E-state index is 13.5. The molecule has 6 rings (SSSR count). The quantitative estimate of drug-likeness (QED) is 0.154. The molecular formula is C40H45ClN4O5S. The number of benzene rings is 2. The number of hydrogen-bond acceptors (Lipinski definition) is 8. The van der Waals surface area contributed by atoms with Gasteiger partial charge in [0.15, 0.2) is 6.10 Å². The molecule has 0 fully saturated rings. The minimum absolute atomic E-state index is 0.236. The van der Waals surface area contributed by atoms with Crippen molar-refractivity contribution in [1.82, 2.24) is 19.4 Å². The predicted octanol–water partition coefficient (Wildman–Crippen LogP) is 9.92. The van der Waals surface area contributed by atoms with Crippen molar-refractivity contribution in [2.24, 2.45) is 7.05 Å². The molecule has 0 radical (unpaired) electrons. The smallest absolute Gasteiger partial charge is 0.410 e. The van der Waals surface area contributed by atoms with Gasteiger partial charge in [-0.05, 0) is 109 Å². The molecule has 0 N–H and O–H groups in total. The van der Waals surface area contributed by atoms with E-state index >= 15 is 0 Å². The third kappa shape index (κ3) is 7.83. The van der Waals surface area contributed by atoms with Gasteiger partial charge in [-0.25, -0.2) is 19.6 Å². The molecule has 51 heavy (non-hydrogen) atoms. The number of thiazole rings is 1. The second kappa shape index (κ2) is 14.1. The van der Waals surface area contributed by atoms with Gasteiger partial charge < -0.3 is 23.7 Å². The topological polar surface area (TPSA) is 95.8 Å². The summed E-state index contributed by atoms with van der Waals surface area (Å²) in [5.74, 6) is -0.440. The highest BCUT2D eigenvalue weighted by Gasteiger charge is 2.34. The van der Waals surface area contributed by atoms with Gasteiger partial charge in [-0.3, -0.25) is 0 Å². The van der Waals surface area contributed by atoms with Crippen molar-refractivity contribution in [3.8, 4) is 21.8 Å². The molecule has 5 aromatic rings. The van der Waals surface area contributed by atoms with Crippen LogP contribution in [0.4, 0.5) is 4.79 Å². The lowest BCUT2D eigenvalue weighted by Crippen LogP contribution is -2.39. The molecular weight excluding hydrogens is 684 g/mol. The van der Waals surface area contributed by atoms with E-state index < -0.39 is 23.3 Å². The third-order valence-electron chi connectivity index (χ3n) is 8.55. The normalized spacial score (nSPS) is 14.5. The van der Waals surface area contributed by atoms with E-state index in [9.17, 15) is 9.59 Å². The SMILES string of the molecule is CCOC(=O)[C@@H](OC(C)(C)C)c1c(C)cc2nc(-c3ccc4c(n3)c(C3=CCN(C(=O)OC(C)(C)C)CC3)cn4C)sc2c1-c1ccc(Cl)cc1. The van der Waals surface area contributed by atoms with Gasteiger partial charge in [0.1, 0.15) is 10.6 Å². The number of rotatable bonds is 7. The Hall–Kier alpha value is -4.25. The van der Waals surface area contributed by atoms with Crippen LogP contribution in [-0.4, -0.2) is 62.4 Å². The number of aryl methyl sites for hydroxylation is 2. The summed E-state index contributed by atoms with van der Waals surface area (Å²) in [6, 6.07) is 13.7. The van der Waals surface area contributed by atoms with Crippen molar-refractivity contribution in [2.75, 3.05) is 19.7 Å². The van der Waals surface area contributed by atoms with Crippen molar-refractivity contribution in [1.29, 1.82) is 0 Å². The van der Waals surface area contributed by atoms with E-state index in [1.54, 1.807) is 11.8 Å². The summed E-state index contributed by atoms with van der Waals surface area (Å²) < 4.78 is 20.6. The zero-order valence-electron chi connectivity index (χ0n) is 30.7. The molecule has 9 nitrogen and oxygen atoms in total. The molecule has 4 heterocycles. The molecule has 0 unspecified atom stereocenters. The molecule has 0 bridgehead atoms. The Balaban J connectivity index is 1.46. The lowest BCUT2D eigenvalue weighted by molar-refractivity contribution is -0.166. The van der Waals surface area contributed by atoms with E-state index in [1.807, 2.05) is 91.9 Å². The Morgan fingerprint density at radius 3 is 2.37 bits per heavy atom. The van der Waals surface area contributed by atoms with Crippen LogP contribution in [0.25, 0.3) is 48.7 Å². The second-order valence-corrected chi connectivity index (χ2v) is 16.3. The summed E-state index contributed by atoms with van der Waals surface area (Å²) in [6.45, 7) is 16.5. The number of hydrogen-bond donors (Lipinski definition) is 0. The van der Waals surface area contributed by atoms with Gasteiger partial charge >= 0.3 is 12.1 Å².